The van der Waals surface area contributed by atoms with E-state index in [1.807, 2.05) is 68.6 Å². The molecule has 6 nitrogen and oxygen atoms in total. The second-order valence-electron chi connectivity index (χ2n) is 9.90. The maximum absolute atomic E-state index is 10.9. The Bertz CT molecular complexity index is 1410. The lowest BCUT2D eigenvalue weighted by atomic mass is 9.93. The summed E-state index contributed by atoms with van der Waals surface area (Å²) in [6.45, 7) is 14.7. The van der Waals surface area contributed by atoms with Gasteiger partial charge in [-0.3, -0.25) is 9.78 Å². The summed E-state index contributed by atoms with van der Waals surface area (Å²) in [5.74, 6) is 0.660. The number of carbonyl (C=O) groups excluding carboxylic acids is 1. The molecule has 182 valence electrons. The third-order valence-corrected chi connectivity index (χ3v) is 7.22. The lowest BCUT2D eigenvalue weighted by Crippen LogP contribution is -2.29. The average molecular weight is 479 g/mol. The number of fused-ring (bicyclic) bond motifs is 1. The monoisotopic (exact) mass is 478 g/mol. The van der Waals surface area contributed by atoms with E-state index >= 15 is 0 Å². The number of nitrogens with zero attached hydrogens (tertiary/aromatic N) is 3. The van der Waals surface area contributed by atoms with Gasteiger partial charge in [-0.15, -0.1) is 0 Å². The largest absolute Gasteiger partial charge is 0.457 e. The molecule has 2 aromatic heterocycles. The minimum atomic E-state index is -0.706. The molecule has 1 fully saturated rings. The molecule has 0 aliphatic carbocycles. The van der Waals surface area contributed by atoms with Gasteiger partial charge in [-0.25, -0.2) is 4.85 Å². The topological polar surface area (TPSA) is 60.5 Å². The van der Waals surface area contributed by atoms with Crippen molar-refractivity contribution in [2.75, 3.05) is 13.1 Å². The van der Waals surface area contributed by atoms with Crippen LogP contribution in [-0.4, -0.2) is 29.1 Å². The normalized spacial score (nSPS) is 14.5. The number of ether oxygens (including phenoxy) is 1. The lowest BCUT2D eigenvalue weighted by molar-refractivity contribution is -0.141. The molecule has 4 aromatic rings. The van der Waals surface area contributed by atoms with E-state index in [4.69, 9.17) is 16.3 Å². The quantitative estimate of drug-likeness (QED) is 0.249. The predicted octanol–water partition coefficient (Wildman–Crippen LogP) is 6.33. The second-order valence-corrected chi connectivity index (χ2v) is 9.90. The molecule has 6 heteroatoms. The Morgan fingerprint density at radius 3 is 2.44 bits per heavy atom. The fourth-order valence-corrected chi connectivity index (χ4v) is 5.09. The molecule has 1 aliphatic heterocycles. The Labute approximate surface area is 211 Å². The molecule has 0 saturated carbocycles. The summed E-state index contributed by atoms with van der Waals surface area (Å²) < 4.78 is 7.61. The summed E-state index contributed by atoms with van der Waals surface area (Å²) >= 11 is 0. The molecule has 0 atom stereocenters. The van der Waals surface area contributed by atoms with E-state index in [1.165, 1.54) is 12.8 Å². The highest BCUT2D eigenvalue weighted by molar-refractivity contribution is 6.01. The van der Waals surface area contributed by atoms with Crippen molar-refractivity contribution in [1.82, 2.24) is 14.9 Å². The molecule has 1 aliphatic rings. The number of nitrogens with one attached hydrogen (secondary N) is 1. The van der Waals surface area contributed by atoms with Gasteiger partial charge in [-0.05, 0) is 62.9 Å². The van der Waals surface area contributed by atoms with Gasteiger partial charge in [-0.2, -0.15) is 0 Å². The number of benzene rings is 2. The molecular formula is C30H30N4O2. The summed E-state index contributed by atoms with van der Waals surface area (Å²) in [4.78, 5) is 19.4. The van der Waals surface area contributed by atoms with Gasteiger partial charge in [0.2, 0.25) is 0 Å². The number of aromatic nitrogens is 2. The van der Waals surface area contributed by atoms with Crippen LogP contribution in [0.25, 0.3) is 38.1 Å². The van der Waals surface area contributed by atoms with Crippen LogP contribution in [0.5, 0.6) is 0 Å². The van der Waals surface area contributed by atoms with Crippen molar-refractivity contribution in [1.29, 1.82) is 0 Å². The van der Waals surface area contributed by atoms with Crippen molar-refractivity contribution in [3.63, 3.8) is 0 Å². The summed E-state index contributed by atoms with van der Waals surface area (Å²) in [6, 6.07) is 18.0. The molecular weight excluding hydrogens is 448 g/mol. The summed E-state index contributed by atoms with van der Waals surface area (Å²) in [5, 5.41) is 4.60. The Morgan fingerprint density at radius 1 is 1.08 bits per heavy atom. The molecule has 1 N–H and O–H groups in total. The average Bonchev–Trinajstić information content (AvgIpc) is 3.31. The Balaban J connectivity index is 1.61. The molecule has 2 aromatic carbocycles. The number of carbonyl (C=O) groups is 1. The van der Waals surface area contributed by atoms with E-state index in [0.29, 0.717) is 18.1 Å². The predicted molar refractivity (Wildman–Crippen MR) is 143 cm³/mol. The minimum Gasteiger partial charge on any atom is -0.457 e. The van der Waals surface area contributed by atoms with Crippen molar-refractivity contribution >= 4 is 23.1 Å². The molecule has 36 heavy (non-hydrogen) atoms. The maximum atomic E-state index is 10.9. The number of piperidine rings is 1. The first-order valence-corrected chi connectivity index (χ1v) is 12.4. The van der Waals surface area contributed by atoms with Crippen molar-refractivity contribution in [2.24, 2.45) is 5.92 Å². The highest BCUT2D eigenvalue weighted by atomic mass is 16.5. The first-order valence-electron chi connectivity index (χ1n) is 12.4. The summed E-state index contributed by atoms with van der Waals surface area (Å²) in [6.07, 6.45) is 6.53. The van der Waals surface area contributed by atoms with Crippen LogP contribution in [0.1, 0.15) is 32.3 Å². The number of hydrogen-bond acceptors (Lipinski definition) is 4. The van der Waals surface area contributed by atoms with Gasteiger partial charge in [0, 0.05) is 29.3 Å². The first-order chi connectivity index (χ1) is 17.5. The van der Waals surface area contributed by atoms with Gasteiger partial charge < -0.3 is 14.6 Å². The Morgan fingerprint density at radius 2 is 1.78 bits per heavy atom. The van der Waals surface area contributed by atoms with E-state index in [2.05, 4.69) is 27.0 Å². The van der Waals surface area contributed by atoms with E-state index < -0.39 is 5.60 Å². The van der Waals surface area contributed by atoms with Crippen LogP contribution >= 0.6 is 0 Å². The summed E-state index contributed by atoms with van der Waals surface area (Å²) in [7, 11) is 0. The van der Waals surface area contributed by atoms with Crippen molar-refractivity contribution in [2.45, 2.75) is 38.8 Å². The number of rotatable bonds is 7. The van der Waals surface area contributed by atoms with Crippen LogP contribution in [0.3, 0.4) is 0 Å². The van der Waals surface area contributed by atoms with Crippen LogP contribution in [0.4, 0.5) is 5.69 Å². The highest BCUT2D eigenvalue weighted by Gasteiger charge is 2.23. The smallest absolute Gasteiger partial charge is 0.293 e. The van der Waals surface area contributed by atoms with Crippen LogP contribution in [0.15, 0.2) is 67.0 Å². The third-order valence-electron chi connectivity index (χ3n) is 7.22. The van der Waals surface area contributed by atoms with Crippen molar-refractivity contribution in [3.05, 3.63) is 84.0 Å². The molecule has 5 rings (SSSR count). The molecule has 0 spiro atoms. The molecule has 1 saturated heterocycles. The zero-order chi connectivity index (χ0) is 25.1. The highest BCUT2D eigenvalue weighted by Crippen LogP contribution is 2.38. The van der Waals surface area contributed by atoms with Crippen LogP contribution in [0.2, 0.25) is 0 Å². The fraction of sp³-hybridized carbons (Fsp3) is 0.300. The van der Waals surface area contributed by atoms with Crippen LogP contribution < -0.4 is 5.32 Å². The fourth-order valence-electron chi connectivity index (χ4n) is 5.09. The molecule has 3 heterocycles. The van der Waals surface area contributed by atoms with Crippen LogP contribution in [0, 0.1) is 12.5 Å². The van der Waals surface area contributed by atoms with Gasteiger partial charge in [0.15, 0.2) is 5.69 Å². The minimum absolute atomic E-state index is 0.489. The lowest BCUT2D eigenvalue weighted by Gasteiger charge is -2.24. The Kier molecular flexibility index (Phi) is 6.58. The SMILES string of the molecule is [C-]#[N+]c1ccc(-c2c(-c3ccc(C(C)(C)OC=O)cc3)ncc3c2ccn3CC2CCNCC2)cc1. The van der Waals surface area contributed by atoms with Gasteiger partial charge in [0.05, 0.1) is 24.0 Å². The number of hydrogen-bond donors (Lipinski definition) is 1. The molecule has 0 radical (unpaired) electrons. The zero-order valence-corrected chi connectivity index (χ0v) is 20.7. The van der Waals surface area contributed by atoms with E-state index in [1.54, 1.807) is 0 Å². The molecule has 0 amide bonds. The third kappa shape index (κ3) is 4.62. The molecule has 0 bridgehead atoms. The van der Waals surface area contributed by atoms with Crippen LogP contribution in [-0.2, 0) is 21.7 Å². The molecule has 0 unspecified atom stereocenters. The summed E-state index contributed by atoms with van der Waals surface area (Å²) in [5.41, 5.74) is 5.91. The maximum Gasteiger partial charge on any atom is 0.293 e. The van der Waals surface area contributed by atoms with Gasteiger partial charge in [0.1, 0.15) is 5.60 Å². The zero-order valence-electron chi connectivity index (χ0n) is 20.7. The number of pyridine rings is 1. The van der Waals surface area contributed by atoms with E-state index in [-0.39, 0.29) is 0 Å². The van der Waals surface area contributed by atoms with Gasteiger partial charge in [0.25, 0.3) is 6.47 Å². The second kappa shape index (κ2) is 9.96. The van der Waals surface area contributed by atoms with Gasteiger partial charge >= 0.3 is 0 Å². The standard InChI is InChI=1S/C30H30N4O2/c1-30(2,36-20-35)24-8-4-23(5-9-24)29-28(22-6-10-25(31-3)11-7-22)26-14-17-34(27(26)18-33-29)19-21-12-15-32-16-13-21/h4-11,14,17-18,20-21,32H,12-13,15-16,19H2,1-2H3. The first kappa shape index (κ1) is 23.8. The van der Waals surface area contributed by atoms with E-state index in [0.717, 1.165) is 58.5 Å². The van der Waals surface area contributed by atoms with Gasteiger partial charge in [-0.1, -0.05) is 48.5 Å². The Hall–Kier alpha value is -3.95. The van der Waals surface area contributed by atoms with E-state index in [9.17, 15) is 4.79 Å². The van der Waals surface area contributed by atoms with Crippen molar-refractivity contribution in [3.8, 4) is 22.4 Å². The van der Waals surface area contributed by atoms with Crippen molar-refractivity contribution < 1.29 is 9.53 Å².